The van der Waals surface area contributed by atoms with Gasteiger partial charge in [0.15, 0.2) is 17.5 Å². The van der Waals surface area contributed by atoms with Crippen LogP contribution in [0.4, 0.5) is 13.6 Å². The van der Waals surface area contributed by atoms with Gasteiger partial charge in [0.1, 0.15) is 16.9 Å². The van der Waals surface area contributed by atoms with Crippen LogP contribution in [0.2, 0.25) is 0 Å². The van der Waals surface area contributed by atoms with Crippen molar-refractivity contribution in [1.82, 2.24) is 19.7 Å². The van der Waals surface area contributed by atoms with Gasteiger partial charge in [0.2, 0.25) is 0 Å². The van der Waals surface area contributed by atoms with Crippen molar-refractivity contribution in [2.24, 2.45) is 7.05 Å². The largest absolute Gasteiger partial charge is 0.456 e. The van der Waals surface area contributed by atoms with Crippen molar-refractivity contribution < 1.29 is 27.8 Å². The molecule has 1 amide bonds. The van der Waals surface area contributed by atoms with Crippen LogP contribution in [0.5, 0.6) is 0 Å². The van der Waals surface area contributed by atoms with Crippen LogP contribution in [0, 0.1) is 11.6 Å². The van der Waals surface area contributed by atoms with Gasteiger partial charge in [-0.25, -0.2) is 23.2 Å². The first-order valence-electron chi connectivity index (χ1n) is 9.44. The molecular formula is C20H26F2N4O5. The van der Waals surface area contributed by atoms with E-state index in [9.17, 15) is 23.2 Å². The summed E-state index contributed by atoms with van der Waals surface area (Å²) in [7, 11) is 1.36. The normalized spacial score (nSPS) is 11.9. The van der Waals surface area contributed by atoms with Crippen LogP contribution in [0.25, 0.3) is 5.69 Å². The van der Waals surface area contributed by atoms with Crippen LogP contribution in [0.1, 0.15) is 57.7 Å². The first-order chi connectivity index (χ1) is 14.1. The van der Waals surface area contributed by atoms with Crippen molar-refractivity contribution in [3.63, 3.8) is 0 Å². The summed E-state index contributed by atoms with van der Waals surface area (Å²) in [5.41, 5.74) is -3.48. The van der Waals surface area contributed by atoms with E-state index in [4.69, 9.17) is 9.47 Å². The summed E-state index contributed by atoms with van der Waals surface area (Å²) in [6, 6.07) is 2.07. The Morgan fingerprint density at radius 1 is 1.03 bits per heavy atom. The van der Waals surface area contributed by atoms with Crippen molar-refractivity contribution >= 4 is 12.1 Å². The molecule has 0 aliphatic carbocycles. The van der Waals surface area contributed by atoms with E-state index < -0.39 is 51.8 Å². The summed E-state index contributed by atoms with van der Waals surface area (Å²) >= 11 is 0. The number of esters is 1. The molecule has 0 saturated carbocycles. The quantitative estimate of drug-likeness (QED) is 0.733. The van der Waals surface area contributed by atoms with Gasteiger partial charge >= 0.3 is 17.8 Å². The van der Waals surface area contributed by atoms with E-state index in [-0.39, 0.29) is 12.4 Å². The van der Waals surface area contributed by atoms with Gasteiger partial charge in [0.05, 0.1) is 12.1 Å². The number of ether oxygens (including phenoxy) is 2. The molecule has 0 atom stereocenters. The predicted octanol–water partition coefficient (Wildman–Crippen LogP) is 2.83. The predicted molar refractivity (Wildman–Crippen MR) is 107 cm³/mol. The van der Waals surface area contributed by atoms with Gasteiger partial charge < -0.3 is 14.8 Å². The topological polar surface area (TPSA) is 104 Å². The molecule has 1 heterocycles. The number of carbonyl (C=O) groups is 2. The number of hydrogen-bond acceptors (Lipinski definition) is 6. The Morgan fingerprint density at radius 2 is 1.61 bits per heavy atom. The fourth-order valence-corrected chi connectivity index (χ4v) is 2.45. The Balaban J connectivity index is 2.32. The molecule has 0 unspecified atom stereocenters. The van der Waals surface area contributed by atoms with Crippen LogP contribution < -0.4 is 11.0 Å². The minimum Gasteiger partial charge on any atom is -0.456 e. The lowest BCUT2D eigenvalue weighted by Crippen LogP contribution is -2.33. The SMILES string of the molecule is Cn1c(CNC(=O)OC(C)(C)C)nn(-c2ccc(C(=O)OC(C)(C)C)c(F)c2F)c1=O. The molecule has 0 aliphatic heterocycles. The maximum Gasteiger partial charge on any atom is 0.408 e. The third-order valence-electron chi connectivity index (χ3n) is 3.77. The van der Waals surface area contributed by atoms with E-state index in [0.29, 0.717) is 4.68 Å². The molecule has 11 heteroatoms. The van der Waals surface area contributed by atoms with E-state index in [1.165, 1.54) is 7.05 Å². The zero-order valence-corrected chi connectivity index (χ0v) is 18.5. The Hall–Kier alpha value is -3.24. The highest BCUT2D eigenvalue weighted by molar-refractivity contribution is 5.90. The molecule has 0 spiro atoms. The summed E-state index contributed by atoms with van der Waals surface area (Å²) < 4.78 is 41.1. The second-order valence-corrected chi connectivity index (χ2v) is 8.79. The summed E-state index contributed by atoms with van der Waals surface area (Å²) in [6.45, 7) is 9.66. The molecule has 2 rings (SSSR count). The molecular weight excluding hydrogens is 414 g/mol. The number of nitrogens with one attached hydrogen (secondary N) is 1. The van der Waals surface area contributed by atoms with Gasteiger partial charge in [-0.3, -0.25) is 4.57 Å². The van der Waals surface area contributed by atoms with E-state index in [1.807, 2.05) is 0 Å². The number of aromatic nitrogens is 3. The average molecular weight is 440 g/mol. The van der Waals surface area contributed by atoms with Crippen molar-refractivity contribution in [3.05, 3.63) is 45.6 Å². The van der Waals surface area contributed by atoms with Gasteiger partial charge in [0, 0.05) is 7.05 Å². The van der Waals surface area contributed by atoms with Crippen LogP contribution in [-0.4, -0.2) is 37.6 Å². The van der Waals surface area contributed by atoms with E-state index in [1.54, 1.807) is 41.5 Å². The van der Waals surface area contributed by atoms with Crippen LogP contribution in [-0.2, 0) is 23.1 Å². The Kier molecular flexibility index (Phi) is 6.57. The molecule has 0 radical (unpaired) electrons. The summed E-state index contributed by atoms with van der Waals surface area (Å²) in [6.07, 6.45) is -0.728. The Morgan fingerprint density at radius 3 is 2.16 bits per heavy atom. The molecule has 31 heavy (non-hydrogen) atoms. The maximum absolute atomic E-state index is 14.7. The van der Waals surface area contributed by atoms with Gasteiger partial charge in [-0.2, -0.15) is 4.68 Å². The van der Waals surface area contributed by atoms with Crippen LogP contribution >= 0.6 is 0 Å². The van der Waals surface area contributed by atoms with Gasteiger partial charge in [-0.15, -0.1) is 5.10 Å². The number of amides is 1. The monoisotopic (exact) mass is 440 g/mol. The minimum absolute atomic E-state index is 0.0758. The molecule has 0 fully saturated rings. The number of carbonyl (C=O) groups excluding carboxylic acids is 2. The minimum atomic E-state index is -1.46. The maximum atomic E-state index is 14.7. The first-order valence-corrected chi connectivity index (χ1v) is 9.44. The Bertz CT molecular complexity index is 1060. The highest BCUT2D eigenvalue weighted by Gasteiger charge is 2.26. The number of alkyl carbamates (subject to hydrolysis) is 1. The van der Waals surface area contributed by atoms with Crippen molar-refractivity contribution in [2.45, 2.75) is 59.3 Å². The van der Waals surface area contributed by atoms with Crippen LogP contribution in [0.15, 0.2) is 16.9 Å². The average Bonchev–Trinajstić information content (AvgIpc) is 2.87. The molecule has 1 aromatic heterocycles. The standard InChI is InChI=1S/C20H26F2N4O5/c1-19(2,3)30-16(27)11-8-9-12(15(22)14(11)21)26-18(29)25(7)13(24-26)10-23-17(28)31-20(4,5)6/h8-9H,10H2,1-7H3,(H,23,28). The summed E-state index contributed by atoms with van der Waals surface area (Å²) in [5, 5.41) is 6.39. The molecule has 1 aromatic carbocycles. The number of benzene rings is 1. The van der Waals surface area contributed by atoms with Crippen molar-refractivity contribution in [1.29, 1.82) is 0 Å². The highest BCUT2D eigenvalue weighted by Crippen LogP contribution is 2.21. The van der Waals surface area contributed by atoms with E-state index >= 15 is 0 Å². The lowest BCUT2D eigenvalue weighted by atomic mass is 10.1. The fraction of sp³-hybridized carbons (Fsp3) is 0.500. The Labute approximate surface area is 177 Å². The number of hydrogen-bond donors (Lipinski definition) is 1. The third-order valence-corrected chi connectivity index (χ3v) is 3.77. The van der Waals surface area contributed by atoms with Gasteiger partial charge in [0.25, 0.3) is 0 Å². The van der Waals surface area contributed by atoms with E-state index in [0.717, 1.165) is 16.7 Å². The second kappa shape index (κ2) is 8.48. The number of halogens is 2. The number of nitrogens with zero attached hydrogens (tertiary/aromatic N) is 3. The lowest BCUT2D eigenvalue weighted by Gasteiger charge is -2.19. The molecule has 170 valence electrons. The van der Waals surface area contributed by atoms with Crippen molar-refractivity contribution in [3.8, 4) is 5.69 Å². The molecule has 0 aliphatic rings. The smallest absolute Gasteiger partial charge is 0.408 e. The summed E-state index contributed by atoms with van der Waals surface area (Å²) in [4.78, 5) is 36.4. The lowest BCUT2D eigenvalue weighted by molar-refractivity contribution is 0.00633. The highest BCUT2D eigenvalue weighted by atomic mass is 19.2. The third kappa shape index (κ3) is 5.89. The first kappa shape index (κ1) is 24.0. The molecule has 0 saturated heterocycles. The molecule has 1 N–H and O–H groups in total. The molecule has 2 aromatic rings. The summed E-state index contributed by atoms with van der Waals surface area (Å²) in [5.74, 6) is -3.86. The van der Waals surface area contributed by atoms with Crippen LogP contribution in [0.3, 0.4) is 0 Å². The van der Waals surface area contributed by atoms with Crippen molar-refractivity contribution in [2.75, 3.05) is 0 Å². The molecule has 0 bridgehead atoms. The second-order valence-electron chi connectivity index (χ2n) is 8.79. The van der Waals surface area contributed by atoms with E-state index in [2.05, 4.69) is 10.4 Å². The molecule has 9 nitrogen and oxygen atoms in total. The van der Waals surface area contributed by atoms with Gasteiger partial charge in [-0.1, -0.05) is 0 Å². The zero-order chi connectivity index (χ0) is 23.7. The fourth-order valence-electron chi connectivity index (χ4n) is 2.45. The van der Waals surface area contributed by atoms with Gasteiger partial charge in [-0.05, 0) is 53.7 Å². The number of rotatable bonds is 4. The zero-order valence-electron chi connectivity index (χ0n) is 18.5.